The van der Waals surface area contributed by atoms with Gasteiger partial charge in [0.15, 0.2) is 0 Å². The van der Waals surface area contributed by atoms with Crippen molar-refractivity contribution in [1.29, 1.82) is 0 Å². The van der Waals surface area contributed by atoms with Gasteiger partial charge < -0.3 is 0 Å². The summed E-state index contributed by atoms with van der Waals surface area (Å²) in [6.07, 6.45) is 0.923. The molecule has 7 heteroatoms. The fraction of sp³-hybridized carbons (Fsp3) is 0.464. The summed E-state index contributed by atoms with van der Waals surface area (Å²) in [6.45, 7) is 17.4. The van der Waals surface area contributed by atoms with Crippen LogP contribution in [-0.2, 0) is 0 Å². The Balaban J connectivity index is 2.43. The third-order valence-corrected chi connectivity index (χ3v) is 10.6. The molecular weight excluding hydrogens is 521 g/mol. The van der Waals surface area contributed by atoms with Crippen LogP contribution in [0.1, 0.15) is 64.7 Å². The molecule has 1 aliphatic heterocycles. The van der Waals surface area contributed by atoms with Crippen LogP contribution in [0.3, 0.4) is 0 Å². The Morgan fingerprint density at radius 1 is 0.914 bits per heavy atom. The number of thiol groups is 5. The van der Waals surface area contributed by atoms with Gasteiger partial charge in [0, 0.05) is 0 Å². The summed E-state index contributed by atoms with van der Waals surface area (Å²) in [6, 6.07) is 2.68. The van der Waals surface area contributed by atoms with Crippen molar-refractivity contribution in [3.63, 3.8) is 0 Å². The first-order valence-electron chi connectivity index (χ1n) is 11.9. The Labute approximate surface area is 242 Å². The van der Waals surface area contributed by atoms with E-state index in [2.05, 4.69) is 119 Å². The molecule has 0 spiro atoms. The topological polar surface area (TPSA) is 3.01 Å². The molecule has 1 saturated heterocycles. The van der Waals surface area contributed by atoms with E-state index in [1.807, 2.05) is 0 Å². The van der Waals surface area contributed by atoms with Gasteiger partial charge in [-0.1, -0.05) is 0 Å². The molecule has 0 aliphatic carbocycles. The van der Waals surface area contributed by atoms with Crippen LogP contribution in [0.25, 0.3) is 5.57 Å². The number of benzene rings is 1. The first-order valence-corrected chi connectivity index (χ1v) is 14.4. The van der Waals surface area contributed by atoms with Gasteiger partial charge in [-0.05, 0) is 0 Å². The number of allylic oxidation sites excluding steroid dienone is 3. The van der Waals surface area contributed by atoms with Crippen molar-refractivity contribution in [1.82, 2.24) is 4.90 Å². The normalized spacial score (nSPS) is 22.7. The first-order chi connectivity index (χ1) is 16.2. The second-order valence-corrected chi connectivity index (χ2v) is 11.8. The molecule has 3 unspecified atom stereocenters. The molecule has 0 aromatic heterocycles. The zero-order valence-electron chi connectivity index (χ0n) is 22.5. The summed E-state index contributed by atoms with van der Waals surface area (Å²) in [5.41, 5.74) is 12.3. The van der Waals surface area contributed by atoms with Gasteiger partial charge in [0.1, 0.15) is 0 Å². The van der Waals surface area contributed by atoms with Crippen LogP contribution in [0.2, 0.25) is 0 Å². The summed E-state index contributed by atoms with van der Waals surface area (Å²) in [7, 11) is 6.68. The van der Waals surface area contributed by atoms with E-state index >= 15 is 0 Å². The van der Waals surface area contributed by atoms with Gasteiger partial charge in [-0.2, -0.15) is 0 Å². The molecule has 0 amide bonds. The molecule has 1 fully saturated rings. The van der Waals surface area contributed by atoms with Gasteiger partial charge in [-0.25, -0.2) is 0 Å². The number of hydrogen-bond acceptors (Lipinski definition) is 6. The van der Waals surface area contributed by atoms with Crippen molar-refractivity contribution in [2.24, 2.45) is 0 Å². The van der Waals surface area contributed by atoms with Crippen LogP contribution in [0, 0.1) is 13.8 Å². The molecule has 0 bridgehead atoms. The Morgan fingerprint density at radius 3 is 2.00 bits per heavy atom. The van der Waals surface area contributed by atoms with Crippen molar-refractivity contribution >= 4 is 81.7 Å². The molecule has 0 radical (unpaired) electrons. The van der Waals surface area contributed by atoms with Crippen molar-refractivity contribution in [3.8, 4) is 0 Å². The summed E-state index contributed by atoms with van der Waals surface area (Å²) >= 11 is 23.3. The molecule has 1 aromatic carbocycles. The Kier molecular flexibility index (Phi) is 11.2. The third kappa shape index (κ3) is 6.29. The van der Waals surface area contributed by atoms with E-state index in [1.54, 1.807) is 0 Å². The minimum atomic E-state index is 0.263. The van der Waals surface area contributed by atoms with E-state index in [4.69, 9.17) is 25.3 Å². The monoisotopic (exact) mass is 561 g/mol. The fourth-order valence-electron chi connectivity index (χ4n) is 4.67. The van der Waals surface area contributed by atoms with Crippen LogP contribution in [0.4, 0.5) is 0 Å². The van der Waals surface area contributed by atoms with Crippen molar-refractivity contribution in [3.05, 3.63) is 60.4 Å². The molecule has 1 aromatic rings. The number of hydrogen-bond donors (Lipinski definition) is 5. The number of nitrogens with zero attached hydrogens (tertiary/aromatic N) is 1. The molecule has 1 nitrogen and oxygen atoms in total. The quantitative estimate of drug-likeness (QED) is 0.0952. The molecule has 3 atom stereocenters. The van der Waals surface area contributed by atoms with Gasteiger partial charge in [0.05, 0.1) is 0 Å². The Morgan fingerprint density at radius 2 is 1.49 bits per heavy atom. The van der Waals surface area contributed by atoms with Crippen LogP contribution in [0.5, 0.6) is 0 Å². The SMILES string of the molecule is B=C(/C(C)=C(C)\C(C)=C(/C)c1cc(S)c(S)c(C)c1C)C1C(/C(C)=C(S)/C(S)=C(/CC)CS)N1C. The minimum absolute atomic E-state index is 0.263. The predicted octanol–water partition coefficient (Wildman–Crippen LogP) is 7.49. The van der Waals surface area contributed by atoms with Gasteiger partial charge in [-0.15, -0.1) is 0 Å². The molecule has 1 heterocycles. The van der Waals surface area contributed by atoms with E-state index in [1.165, 1.54) is 50.1 Å². The first kappa shape index (κ1) is 31.0. The molecule has 0 N–H and O–H groups in total. The van der Waals surface area contributed by atoms with Crippen LogP contribution in [0.15, 0.2) is 53.5 Å². The average Bonchev–Trinajstić information content (AvgIpc) is 3.52. The maximum atomic E-state index is 4.85. The van der Waals surface area contributed by atoms with Gasteiger partial charge >= 0.3 is 243 Å². The standard InChI is InChI=1S/C28H40BNS5/c1-10-20(12-31)28(35)27(34)19(8)24-25(30(24)9)23(29)17(6)14(3)13(2)15(4)21-11-22(32)26(33)18(7)16(21)5/h11,24-25,29,31-35H,10,12H2,1-9H3/b15-13+,17-14-,27-19-,28-20+. The van der Waals surface area contributed by atoms with Crippen LogP contribution >= 0.6 is 63.1 Å². The summed E-state index contributed by atoms with van der Waals surface area (Å²) in [5, 5.41) is 0. The number of rotatable bonds is 8. The fourth-order valence-corrected chi connectivity index (χ4v) is 6.41. The molecule has 190 valence electrons. The molecule has 2 rings (SSSR count). The predicted molar refractivity (Wildman–Crippen MR) is 176 cm³/mol. The molecular formula is C28H40BNS5. The number of likely N-dealkylation sites (N-methyl/N-ethyl adjacent to an activating group) is 1. The summed E-state index contributed by atoms with van der Waals surface area (Å²) in [5.74, 6) is 0.694. The van der Waals surface area contributed by atoms with E-state index in [9.17, 15) is 0 Å². The summed E-state index contributed by atoms with van der Waals surface area (Å²) < 4.78 is 0. The van der Waals surface area contributed by atoms with Gasteiger partial charge in [-0.3, -0.25) is 0 Å². The van der Waals surface area contributed by atoms with Gasteiger partial charge in [0.2, 0.25) is 0 Å². The average molecular weight is 562 g/mol. The zero-order chi connectivity index (χ0) is 26.9. The van der Waals surface area contributed by atoms with Crippen molar-refractivity contribution in [2.75, 3.05) is 12.8 Å². The second-order valence-electron chi connectivity index (χ2n) is 9.62. The molecule has 35 heavy (non-hydrogen) atoms. The van der Waals surface area contributed by atoms with E-state index < -0.39 is 0 Å². The van der Waals surface area contributed by atoms with Crippen LogP contribution in [-0.4, -0.2) is 42.7 Å². The van der Waals surface area contributed by atoms with E-state index in [-0.39, 0.29) is 12.1 Å². The third-order valence-electron chi connectivity index (χ3n) is 7.86. The van der Waals surface area contributed by atoms with Crippen LogP contribution < -0.4 is 0 Å². The molecule has 1 aliphatic rings. The zero-order valence-corrected chi connectivity index (χ0v) is 27.0. The van der Waals surface area contributed by atoms with Crippen molar-refractivity contribution in [2.45, 2.75) is 83.7 Å². The van der Waals surface area contributed by atoms with Crippen molar-refractivity contribution < 1.29 is 0 Å². The molecule has 0 saturated carbocycles. The summed E-state index contributed by atoms with van der Waals surface area (Å²) in [4.78, 5) is 6.13. The maximum absolute atomic E-state index is 4.85. The Hall–Kier alpha value is -0.175. The van der Waals surface area contributed by atoms with E-state index in [0.29, 0.717) is 5.75 Å². The second kappa shape index (κ2) is 12.6. The van der Waals surface area contributed by atoms with E-state index in [0.717, 1.165) is 31.5 Å². The van der Waals surface area contributed by atoms with Gasteiger partial charge in [0.25, 0.3) is 0 Å². The Bertz CT molecular complexity index is 1170.